The van der Waals surface area contributed by atoms with Crippen LogP contribution in [0.25, 0.3) is 0 Å². The molecule has 1 N–H and O–H groups in total. The lowest BCUT2D eigenvalue weighted by molar-refractivity contribution is -0.129. The number of hydrogen-bond donors (Lipinski definition) is 2. The highest BCUT2D eigenvalue weighted by Gasteiger charge is 2.13. The molecule has 0 aromatic heterocycles. The van der Waals surface area contributed by atoms with Crippen LogP contribution < -0.4 is 5.32 Å². The molecule has 0 radical (unpaired) electrons. The topological polar surface area (TPSA) is 49.4 Å². The molecule has 2 amide bonds. The van der Waals surface area contributed by atoms with Gasteiger partial charge in [-0.05, 0) is 26.0 Å². The number of nitrogens with zero attached hydrogens (tertiary/aromatic N) is 1. The summed E-state index contributed by atoms with van der Waals surface area (Å²) in [6, 6.07) is 6.99. The molecular weight excluding hydrogens is 248 g/mol. The third-order valence-corrected chi connectivity index (χ3v) is 3.05. The number of thiol groups is 1. The lowest BCUT2D eigenvalue weighted by Gasteiger charge is -2.18. The van der Waals surface area contributed by atoms with E-state index in [2.05, 4.69) is 17.9 Å². The second kappa shape index (κ2) is 7.06. The van der Waals surface area contributed by atoms with Gasteiger partial charge in [0.05, 0.1) is 12.1 Å². The van der Waals surface area contributed by atoms with E-state index < -0.39 is 0 Å². The maximum absolute atomic E-state index is 11.8. The molecule has 0 spiro atoms. The van der Waals surface area contributed by atoms with E-state index in [1.54, 1.807) is 29.2 Å². The summed E-state index contributed by atoms with van der Waals surface area (Å²) in [6.07, 6.45) is 0. The molecule has 1 aromatic carbocycles. The van der Waals surface area contributed by atoms with E-state index in [0.29, 0.717) is 23.5 Å². The first kappa shape index (κ1) is 14.6. The fourth-order valence-corrected chi connectivity index (χ4v) is 1.87. The maximum atomic E-state index is 11.8. The number of likely N-dealkylation sites (N-methyl/N-ethyl adjacent to an activating group) is 1. The SMILES string of the molecule is CCN(CC)C(=O)CNC(=O)c1ccccc1S. The first-order valence-corrected chi connectivity index (χ1v) is 6.38. The van der Waals surface area contributed by atoms with Crippen LogP contribution in [0, 0.1) is 0 Å². The number of nitrogens with one attached hydrogen (secondary N) is 1. The highest BCUT2D eigenvalue weighted by molar-refractivity contribution is 7.80. The maximum Gasteiger partial charge on any atom is 0.252 e. The molecule has 0 saturated carbocycles. The molecule has 1 rings (SSSR count). The molecule has 18 heavy (non-hydrogen) atoms. The Morgan fingerprint density at radius 1 is 1.22 bits per heavy atom. The summed E-state index contributed by atoms with van der Waals surface area (Å²) in [5.41, 5.74) is 0.480. The normalized spacial score (nSPS) is 9.94. The average molecular weight is 266 g/mol. The Kier molecular flexibility index (Phi) is 5.71. The molecule has 98 valence electrons. The van der Waals surface area contributed by atoms with Gasteiger partial charge in [0, 0.05) is 18.0 Å². The minimum absolute atomic E-state index is 0.0165. The molecule has 5 heteroatoms. The summed E-state index contributed by atoms with van der Waals surface area (Å²) in [6.45, 7) is 5.13. The van der Waals surface area contributed by atoms with Gasteiger partial charge in [0.1, 0.15) is 0 Å². The van der Waals surface area contributed by atoms with E-state index in [4.69, 9.17) is 0 Å². The highest BCUT2D eigenvalue weighted by Crippen LogP contribution is 2.12. The standard InChI is InChI=1S/C13H18N2O2S/c1-3-15(4-2)12(16)9-14-13(17)10-7-5-6-8-11(10)18/h5-8,18H,3-4,9H2,1-2H3,(H,14,17). The van der Waals surface area contributed by atoms with Crippen molar-refractivity contribution in [2.24, 2.45) is 0 Å². The molecule has 4 nitrogen and oxygen atoms in total. The summed E-state index contributed by atoms with van der Waals surface area (Å²) in [5.74, 6) is -0.355. The van der Waals surface area contributed by atoms with Gasteiger partial charge in [-0.2, -0.15) is 0 Å². The van der Waals surface area contributed by atoms with Crippen molar-refractivity contribution in [2.75, 3.05) is 19.6 Å². The third-order valence-electron chi connectivity index (χ3n) is 2.66. The second-order valence-corrected chi connectivity index (χ2v) is 4.25. The highest BCUT2D eigenvalue weighted by atomic mass is 32.1. The Morgan fingerprint density at radius 2 is 1.83 bits per heavy atom. The zero-order valence-corrected chi connectivity index (χ0v) is 11.5. The van der Waals surface area contributed by atoms with Gasteiger partial charge in [0.2, 0.25) is 5.91 Å². The minimum Gasteiger partial charge on any atom is -0.343 e. The Bertz CT molecular complexity index is 431. The van der Waals surface area contributed by atoms with Crippen molar-refractivity contribution in [1.82, 2.24) is 10.2 Å². The summed E-state index contributed by atoms with van der Waals surface area (Å²) in [4.78, 5) is 25.8. The van der Waals surface area contributed by atoms with Gasteiger partial charge >= 0.3 is 0 Å². The van der Waals surface area contributed by atoms with Crippen molar-refractivity contribution in [1.29, 1.82) is 0 Å². The number of amides is 2. The van der Waals surface area contributed by atoms with Crippen LogP contribution in [0.2, 0.25) is 0 Å². The van der Waals surface area contributed by atoms with E-state index in [-0.39, 0.29) is 18.4 Å². The van der Waals surface area contributed by atoms with Crippen molar-refractivity contribution in [3.8, 4) is 0 Å². The molecule has 0 aliphatic carbocycles. The van der Waals surface area contributed by atoms with Gasteiger partial charge in [-0.1, -0.05) is 12.1 Å². The zero-order chi connectivity index (χ0) is 13.5. The van der Waals surface area contributed by atoms with Crippen molar-refractivity contribution < 1.29 is 9.59 Å². The minimum atomic E-state index is -0.277. The van der Waals surface area contributed by atoms with Crippen LogP contribution in [0.15, 0.2) is 29.2 Å². The Balaban J connectivity index is 2.57. The molecule has 0 unspecified atom stereocenters. The molecule has 1 aromatic rings. The van der Waals surface area contributed by atoms with Crippen LogP contribution in [0.5, 0.6) is 0 Å². The molecule has 0 aliphatic heterocycles. The molecule has 0 heterocycles. The van der Waals surface area contributed by atoms with E-state index >= 15 is 0 Å². The fourth-order valence-electron chi connectivity index (χ4n) is 1.60. The van der Waals surface area contributed by atoms with Crippen molar-refractivity contribution in [3.05, 3.63) is 29.8 Å². The van der Waals surface area contributed by atoms with Crippen molar-refractivity contribution in [3.63, 3.8) is 0 Å². The van der Waals surface area contributed by atoms with Crippen LogP contribution in [0.3, 0.4) is 0 Å². The number of hydrogen-bond acceptors (Lipinski definition) is 3. The zero-order valence-electron chi connectivity index (χ0n) is 10.6. The molecule has 0 aliphatic rings. The van der Waals surface area contributed by atoms with Gasteiger partial charge in [-0.15, -0.1) is 12.6 Å². The van der Waals surface area contributed by atoms with E-state index in [0.717, 1.165) is 0 Å². The van der Waals surface area contributed by atoms with Crippen LogP contribution >= 0.6 is 12.6 Å². The van der Waals surface area contributed by atoms with E-state index in [1.807, 2.05) is 13.8 Å². The molecule has 0 saturated heterocycles. The fraction of sp³-hybridized carbons (Fsp3) is 0.385. The predicted molar refractivity (Wildman–Crippen MR) is 74.0 cm³/mol. The number of carbonyl (C=O) groups excluding carboxylic acids is 2. The quantitative estimate of drug-likeness (QED) is 0.795. The molecule has 0 fully saturated rings. The summed E-state index contributed by atoms with van der Waals surface area (Å²) in [5, 5.41) is 2.61. The van der Waals surface area contributed by atoms with E-state index in [1.165, 1.54) is 0 Å². The Hall–Kier alpha value is -1.49. The number of benzene rings is 1. The summed E-state index contributed by atoms with van der Waals surface area (Å²) in [7, 11) is 0. The van der Waals surface area contributed by atoms with E-state index in [9.17, 15) is 9.59 Å². The van der Waals surface area contributed by atoms with Crippen LogP contribution in [0.4, 0.5) is 0 Å². The largest absolute Gasteiger partial charge is 0.343 e. The molecular formula is C13H18N2O2S. The van der Waals surface area contributed by atoms with Crippen LogP contribution in [0.1, 0.15) is 24.2 Å². The lowest BCUT2D eigenvalue weighted by Crippen LogP contribution is -2.40. The Morgan fingerprint density at radius 3 is 2.39 bits per heavy atom. The second-order valence-electron chi connectivity index (χ2n) is 3.77. The average Bonchev–Trinajstić information content (AvgIpc) is 2.38. The summed E-state index contributed by atoms with van der Waals surface area (Å²) < 4.78 is 0. The molecule has 0 atom stereocenters. The van der Waals surface area contributed by atoms with Gasteiger partial charge in [-0.3, -0.25) is 9.59 Å². The first-order chi connectivity index (χ1) is 8.60. The number of rotatable bonds is 5. The van der Waals surface area contributed by atoms with Crippen molar-refractivity contribution in [2.45, 2.75) is 18.7 Å². The Labute approximate surface area is 113 Å². The predicted octanol–water partition coefficient (Wildman–Crippen LogP) is 1.57. The lowest BCUT2D eigenvalue weighted by atomic mass is 10.2. The molecule has 0 bridgehead atoms. The van der Waals surface area contributed by atoms with Gasteiger partial charge in [0.25, 0.3) is 5.91 Å². The first-order valence-electron chi connectivity index (χ1n) is 5.94. The monoisotopic (exact) mass is 266 g/mol. The summed E-state index contributed by atoms with van der Waals surface area (Å²) >= 11 is 4.20. The van der Waals surface area contributed by atoms with Crippen molar-refractivity contribution >= 4 is 24.4 Å². The third kappa shape index (κ3) is 3.77. The van der Waals surface area contributed by atoms with Gasteiger partial charge in [-0.25, -0.2) is 0 Å². The van der Waals surface area contributed by atoms with Crippen LogP contribution in [-0.4, -0.2) is 36.3 Å². The smallest absolute Gasteiger partial charge is 0.252 e. The van der Waals surface area contributed by atoms with Gasteiger partial charge in [0.15, 0.2) is 0 Å². The number of carbonyl (C=O) groups is 2. The van der Waals surface area contributed by atoms with Gasteiger partial charge < -0.3 is 10.2 Å². The van der Waals surface area contributed by atoms with Crippen LogP contribution in [-0.2, 0) is 4.79 Å².